The molecule has 0 saturated carbocycles. The summed E-state index contributed by atoms with van der Waals surface area (Å²) in [6.45, 7) is -0.143. The molecule has 362 valence electrons. The summed E-state index contributed by atoms with van der Waals surface area (Å²) in [6.07, 6.45) is 0. The Labute approximate surface area is 458 Å². The standard InChI is InChI=1S/C72H43BN2OS2/c1-3-16-44(17-4-1)51-24-15-25-52(45-18-5-2-6-19-45)72(51)75-63-40-48(46-32-36-69-57(38-46)55-22-9-13-28-67(55)77-69)30-34-59(63)73-60-35-31-49(47-33-37-70-58(39-47)56-23-10-14-29-68(56)78-70)41-65(60)76-66-43-50(42-64(75)71(66)73)74-61-26-11-7-20-53(61)54-21-8-12-27-62(54)74/h1-43H. The maximum Gasteiger partial charge on any atom is 0.256 e. The normalized spacial score (nSPS) is 12.7. The Morgan fingerprint density at radius 1 is 0.321 bits per heavy atom. The zero-order chi connectivity index (χ0) is 51.0. The van der Waals surface area contributed by atoms with Crippen LogP contribution in [0.2, 0.25) is 0 Å². The van der Waals surface area contributed by atoms with Crippen molar-refractivity contribution in [3.63, 3.8) is 0 Å². The highest BCUT2D eigenvalue weighted by atomic mass is 32.1. The van der Waals surface area contributed by atoms with Gasteiger partial charge in [-0.3, -0.25) is 0 Å². The number of fused-ring (bicyclic) bond motifs is 13. The lowest BCUT2D eigenvalue weighted by Gasteiger charge is -2.42. The van der Waals surface area contributed by atoms with Gasteiger partial charge in [0.05, 0.1) is 22.4 Å². The van der Waals surface area contributed by atoms with Crippen LogP contribution in [0.1, 0.15) is 0 Å². The Bertz CT molecular complexity index is 4860. The number of hydrogen-bond acceptors (Lipinski definition) is 4. The van der Waals surface area contributed by atoms with Gasteiger partial charge in [-0.25, -0.2) is 0 Å². The van der Waals surface area contributed by atoms with Gasteiger partial charge >= 0.3 is 0 Å². The zero-order valence-electron chi connectivity index (χ0n) is 42.0. The Morgan fingerprint density at radius 2 is 0.808 bits per heavy atom. The van der Waals surface area contributed by atoms with Gasteiger partial charge in [0.1, 0.15) is 11.5 Å². The van der Waals surface area contributed by atoms with E-state index in [1.165, 1.54) is 67.7 Å². The summed E-state index contributed by atoms with van der Waals surface area (Å²) in [5.74, 6) is 1.73. The molecule has 78 heavy (non-hydrogen) atoms. The van der Waals surface area contributed by atoms with E-state index in [1.807, 2.05) is 22.7 Å². The third kappa shape index (κ3) is 6.57. The first-order valence-electron chi connectivity index (χ1n) is 26.7. The summed E-state index contributed by atoms with van der Waals surface area (Å²) < 4.78 is 15.2. The summed E-state index contributed by atoms with van der Waals surface area (Å²) in [7, 11) is 0. The molecule has 2 aliphatic rings. The fourth-order valence-electron chi connectivity index (χ4n) is 13.0. The molecule has 0 fully saturated rings. The van der Waals surface area contributed by atoms with Gasteiger partial charge < -0.3 is 14.2 Å². The molecule has 0 atom stereocenters. The quantitative estimate of drug-likeness (QED) is 0.154. The van der Waals surface area contributed by atoms with Crippen LogP contribution in [0.25, 0.3) is 112 Å². The minimum atomic E-state index is -0.143. The van der Waals surface area contributed by atoms with Crippen LogP contribution in [0.4, 0.5) is 17.1 Å². The van der Waals surface area contributed by atoms with Gasteiger partial charge in [-0.2, -0.15) is 0 Å². The molecule has 0 saturated heterocycles. The van der Waals surface area contributed by atoms with Gasteiger partial charge in [-0.05, 0) is 116 Å². The minimum absolute atomic E-state index is 0.143. The average molecular weight is 1030 g/mol. The van der Waals surface area contributed by atoms with Crippen molar-refractivity contribution in [2.24, 2.45) is 0 Å². The highest BCUT2D eigenvalue weighted by Crippen LogP contribution is 2.51. The lowest BCUT2D eigenvalue weighted by molar-refractivity contribution is 0.487. The molecular weight excluding hydrogens is 984 g/mol. The van der Waals surface area contributed by atoms with Gasteiger partial charge in [-0.15, -0.1) is 22.7 Å². The van der Waals surface area contributed by atoms with Crippen LogP contribution < -0.4 is 26.0 Å². The van der Waals surface area contributed by atoms with Crippen LogP contribution in [0.3, 0.4) is 0 Å². The second-order valence-electron chi connectivity index (χ2n) is 20.7. The molecule has 17 rings (SSSR count). The zero-order valence-corrected chi connectivity index (χ0v) is 43.7. The van der Waals surface area contributed by atoms with E-state index in [9.17, 15) is 0 Å². The molecule has 0 spiro atoms. The number of para-hydroxylation sites is 3. The fourth-order valence-corrected chi connectivity index (χ4v) is 15.1. The smallest absolute Gasteiger partial charge is 0.256 e. The predicted octanol–water partition coefficient (Wildman–Crippen LogP) is 18.6. The molecule has 15 aromatic rings. The molecule has 0 bridgehead atoms. The molecule has 0 aliphatic carbocycles. The van der Waals surface area contributed by atoms with Crippen molar-refractivity contribution in [3.05, 3.63) is 261 Å². The van der Waals surface area contributed by atoms with Crippen molar-refractivity contribution >= 4 is 125 Å². The SMILES string of the molecule is c1ccc(-c2cccc(-c3ccccc3)c2N2c3cc(-c4ccc5sc6ccccc6c5c4)ccc3B3c4ccc(-c5ccc6sc7ccccc7c6c5)cc4Oc4cc(-n5c6ccccc6c6ccccc65)cc2c43)cc1. The number of aromatic nitrogens is 1. The molecule has 2 aliphatic heterocycles. The highest BCUT2D eigenvalue weighted by molar-refractivity contribution is 7.26. The van der Waals surface area contributed by atoms with E-state index in [0.29, 0.717) is 0 Å². The summed E-state index contributed by atoms with van der Waals surface area (Å²) in [6, 6.07) is 96.7. The first-order chi connectivity index (χ1) is 38.7. The van der Waals surface area contributed by atoms with E-state index in [1.54, 1.807) is 0 Å². The van der Waals surface area contributed by atoms with E-state index in [2.05, 4.69) is 270 Å². The lowest BCUT2D eigenvalue weighted by Crippen LogP contribution is -2.59. The summed E-state index contributed by atoms with van der Waals surface area (Å²) in [4.78, 5) is 2.60. The third-order valence-electron chi connectivity index (χ3n) is 16.4. The van der Waals surface area contributed by atoms with E-state index in [4.69, 9.17) is 4.74 Å². The predicted molar refractivity (Wildman–Crippen MR) is 334 cm³/mol. The van der Waals surface area contributed by atoms with Gasteiger partial charge in [0.2, 0.25) is 0 Å². The van der Waals surface area contributed by atoms with Crippen LogP contribution in [0.5, 0.6) is 11.5 Å². The van der Waals surface area contributed by atoms with Crippen LogP contribution >= 0.6 is 22.7 Å². The number of ether oxygens (including phenoxy) is 1. The van der Waals surface area contributed by atoms with Crippen LogP contribution in [0.15, 0.2) is 261 Å². The molecule has 3 aromatic heterocycles. The van der Waals surface area contributed by atoms with Crippen molar-refractivity contribution in [2.75, 3.05) is 4.90 Å². The van der Waals surface area contributed by atoms with Crippen molar-refractivity contribution in [3.8, 4) is 61.7 Å². The number of nitrogens with zero attached hydrogens (tertiary/aromatic N) is 2. The van der Waals surface area contributed by atoms with Crippen molar-refractivity contribution in [1.82, 2.24) is 4.57 Å². The highest BCUT2D eigenvalue weighted by Gasteiger charge is 2.43. The summed E-state index contributed by atoms with van der Waals surface area (Å²) in [5, 5.41) is 7.59. The van der Waals surface area contributed by atoms with Gasteiger partial charge in [0.15, 0.2) is 0 Å². The van der Waals surface area contributed by atoms with E-state index in [-0.39, 0.29) is 6.71 Å². The van der Waals surface area contributed by atoms with Crippen LogP contribution in [-0.4, -0.2) is 11.3 Å². The van der Waals surface area contributed by atoms with Crippen LogP contribution in [0, 0.1) is 0 Å². The second kappa shape index (κ2) is 17.0. The Hall–Kier alpha value is -9.46. The molecule has 6 heteroatoms. The minimum Gasteiger partial charge on any atom is -0.458 e. The second-order valence-corrected chi connectivity index (χ2v) is 22.9. The van der Waals surface area contributed by atoms with E-state index in [0.717, 1.165) is 89.6 Å². The molecule has 12 aromatic carbocycles. The number of rotatable bonds is 6. The monoisotopic (exact) mass is 1030 g/mol. The summed E-state index contributed by atoms with van der Waals surface area (Å²) >= 11 is 3.72. The first kappa shape index (κ1) is 43.8. The molecule has 0 unspecified atom stereocenters. The van der Waals surface area contributed by atoms with Crippen molar-refractivity contribution < 1.29 is 4.74 Å². The maximum absolute atomic E-state index is 7.55. The van der Waals surface area contributed by atoms with E-state index >= 15 is 0 Å². The van der Waals surface area contributed by atoms with Gasteiger partial charge in [0, 0.05) is 79.7 Å². The number of hydrogen-bond donors (Lipinski definition) is 0. The number of benzene rings is 12. The van der Waals surface area contributed by atoms with Gasteiger partial charge in [0.25, 0.3) is 6.71 Å². The Kier molecular flexibility index (Phi) is 9.55. The third-order valence-corrected chi connectivity index (χ3v) is 18.8. The molecule has 0 radical (unpaired) electrons. The molecule has 0 N–H and O–H groups in total. The summed E-state index contributed by atoms with van der Waals surface area (Å²) in [5.41, 5.74) is 19.4. The first-order valence-corrected chi connectivity index (χ1v) is 28.3. The molecule has 0 amide bonds. The molecular formula is C72H43BN2OS2. The number of anilines is 3. The largest absolute Gasteiger partial charge is 0.458 e. The average Bonchev–Trinajstić information content (AvgIpc) is 4.30. The van der Waals surface area contributed by atoms with Gasteiger partial charge in [-0.1, -0.05) is 188 Å². The Morgan fingerprint density at radius 3 is 1.41 bits per heavy atom. The maximum atomic E-state index is 7.55. The van der Waals surface area contributed by atoms with E-state index < -0.39 is 0 Å². The fraction of sp³-hybridized carbons (Fsp3) is 0. The van der Waals surface area contributed by atoms with Crippen LogP contribution in [-0.2, 0) is 0 Å². The lowest BCUT2D eigenvalue weighted by atomic mass is 9.34. The topological polar surface area (TPSA) is 17.4 Å². The van der Waals surface area contributed by atoms with Crippen molar-refractivity contribution in [1.29, 1.82) is 0 Å². The Balaban J connectivity index is 0.968. The number of thiophene rings is 2. The molecule has 5 heterocycles. The van der Waals surface area contributed by atoms with Crippen molar-refractivity contribution in [2.45, 2.75) is 0 Å². The molecule has 3 nitrogen and oxygen atoms in total.